The Morgan fingerprint density at radius 1 is 0.919 bits per heavy atom. The number of carbonyl (C=O) groups is 4. The Kier molecular flexibility index (Phi) is 9.52. The van der Waals surface area contributed by atoms with E-state index >= 15 is 0 Å². The van der Waals surface area contributed by atoms with E-state index in [0.717, 1.165) is 24.3 Å². The average molecular weight is 516 g/mol. The van der Waals surface area contributed by atoms with Gasteiger partial charge in [0.1, 0.15) is 0 Å². The van der Waals surface area contributed by atoms with Gasteiger partial charge in [-0.1, -0.05) is 18.2 Å². The summed E-state index contributed by atoms with van der Waals surface area (Å²) < 4.78 is 14.0. The molecule has 0 heterocycles. The number of phenols is 3. The normalized spacial score (nSPS) is 13.6. The van der Waals surface area contributed by atoms with Crippen LogP contribution in [0.3, 0.4) is 0 Å². The molecule has 196 valence electrons. The van der Waals surface area contributed by atoms with Gasteiger partial charge in [-0.3, -0.25) is 4.79 Å². The van der Waals surface area contributed by atoms with Crippen molar-refractivity contribution in [3.63, 3.8) is 0 Å². The third-order valence-corrected chi connectivity index (χ3v) is 4.83. The molecule has 12 heteroatoms. The highest BCUT2D eigenvalue weighted by molar-refractivity contribution is 6.18. The maximum atomic E-state index is 12.8. The number of esters is 3. The van der Waals surface area contributed by atoms with Crippen LogP contribution in [0.5, 0.6) is 23.0 Å². The highest BCUT2D eigenvalue weighted by Gasteiger charge is 2.55. The Hall–Kier alpha value is -4.68. The van der Waals surface area contributed by atoms with Crippen LogP contribution in [0.2, 0.25) is 0 Å². The molecule has 2 unspecified atom stereocenters. The number of aromatic hydroxyl groups is 3. The Balaban J connectivity index is 2.31. The molecular weight excluding hydrogens is 492 g/mol. The number of aliphatic hydroxyl groups excluding tert-OH is 1. The van der Waals surface area contributed by atoms with Crippen LogP contribution in [0.1, 0.15) is 18.1 Å². The molecule has 0 amide bonds. The maximum Gasteiger partial charge on any atom is 0.357 e. The Labute approximate surface area is 210 Å². The van der Waals surface area contributed by atoms with E-state index < -0.39 is 46.9 Å². The first kappa shape index (κ1) is 28.6. The Bertz CT molecular complexity index is 1250. The summed E-state index contributed by atoms with van der Waals surface area (Å²) in [6, 6.07) is 7.46. The largest absolute Gasteiger partial charge is 0.504 e. The zero-order chi connectivity index (χ0) is 27.8. The number of methoxy groups -OCH3 is 1. The number of rotatable bonds is 10. The minimum atomic E-state index is -3.57. The average Bonchev–Trinajstić information content (AvgIpc) is 2.87. The first-order valence-electron chi connectivity index (χ1n) is 10.6. The topological polar surface area (TPSA) is 197 Å². The molecule has 2 aromatic rings. The number of benzene rings is 2. The van der Waals surface area contributed by atoms with Gasteiger partial charge in [0.25, 0.3) is 5.60 Å². The highest BCUT2D eigenvalue weighted by Crippen LogP contribution is 2.27. The standard InChI is InChI=1S/C25H24O12/c1-3-36-23(32)22(31)25(34,20(29)10-6-15-5-9-17(27)19(13-15)35-2)24(33)37-21(30)11-7-14-4-8-16(26)18(28)12-14/h4-13,22,26-28,31,34H,3H2,1-2H3/b10-6+,11-7+. The van der Waals surface area contributed by atoms with Crippen LogP contribution in [-0.2, 0) is 28.7 Å². The lowest BCUT2D eigenvalue weighted by Crippen LogP contribution is -2.59. The summed E-state index contributed by atoms with van der Waals surface area (Å²) in [6.07, 6.45) is 0.755. The van der Waals surface area contributed by atoms with Gasteiger partial charge in [0, 0.05) is 6.08 Å². The zero-order valence-corrected chi connectivity index (χ0v) is 19.7. The molecule has 0 bridgehead atoms. The van der Waals surface area contributed by atoms with Crippen molar-refractivity contribution in [2.75, 3.05) is 13.7 Å². The predicted octanol–water partition coefficient (Wildman–Crippen LogP) is 0.833. The van der Waals surface area contributed by atoms with Crippen molar-refractivity contribution in [3.05, 3.63) is 59.7 Å². The fourth-order valence-corrected chi connectivity index (χ4v) is 2.85. The fraction of sp³-hybridized carbons (Fsp3) is 0.200. The minimum absolute atomic E-state index is 0.0511. The molecular formula is C25H24O12. The van der Waals surface area contributed by atoms with Crippen molar-refractivity contribution in [3.8, 4) is 23.0 Å². The second kappa shape index (κ2) is 12.3. The molecule has 0 spiro atoms. The van der Waals surface area contributed by atoms with Crippen LogP contribution in [0, 0.1) is 0 Å². The molecule has 12 nitrogen and oxygen atoms in total. The van der Waals surface area contributed by atoms with Crippen LogP contribution in [0.25, 0.3) is 12.2 Å². The molecule has 2 rings (SSSR count). The van der Waals surface area contributed by atoms with E-state index in [2.05, 4.69) is 9.47 Å². The fourth-order valence-electron chi connectivity index (χ4n) is 2.85. The number of aliphatic hydroxyl groups is 2. The van der Waals surface area contributed by atoms with Gasteiger partial charge in [-0.2, -0.15) is 0 Å². The Morgan fingerprint density at radius 3 is 2.11 bits per heavy atom. The summed E-state index contributed by atoms with van der Waals surface area (Å²) in [7, 11) is 1.29. The van der Waals surface area contributed by atoms with Crippen molar-refractivity contribution >= 4 is 35.8 Å². The van der Waals surface area contributed by atoms with Gasteiger partial charge in [-0.25, -0.2) is 14.4 Å². The van der Waals surface area contributed by atoms with Gasteiger partial charge in [0.15, 0.2) is 29.1 Å². The monoisotopic (exact) mass is 516 g/mol. The molecule has 0 saturated heterocycles. The van der Waals surface area contributed by atoms with Gasteiger partial charge in [0.2, 0.25) is 5.78 Å². The van der Waals surface area contributed by atoms with E-state index in [-0.39, 0.29) is 29.2 Å². The lowest BCUT2D eigenvalue weighted by molar-refractivity contribution is -0.191. The van der Waals surface area contributed by atoms with Gasteiger partial charge in [0.05, 0.1) is 13.7 Å². The van der Waals surface area contributed by atoms with Gasteiger partial charge >= 0.3 is 17.9 Å². The summed E-state index contributed by atoms with van der Waals surface area (Å²) in [5.74, 6) is -7.45. The zero-order valence-electron chi connectivity index (χ0n) is 19.7. The molecule has 0 aromatic heterocycles. The van der Waals surface area contributed by atoms with Gasteiger partial charge in [-0.05, 0) is 54.5 Å². The number of ether oxygens (including phenoxy) is 3. The second-order valence-electron chi connectivity index (χ2n) is 7.34. The van der Waals surface area contributed by atoms with Gasteiger partial charge < -0.3 is 39.7 Å². The summed E-state index contributed by atoms with van der Waals surface area (Å²) >= 11 is 0. The molecule has 2 atom stereocenters. The lowest BCUT2D eigenvalue weighted by Gasteiger charge is -2.26. The smallest absolute Gasteiger partial charge is 0.357 e. The molecule has 0 fully saturated rings. The molecule has 0 aliphatic heterocycles. The van der Waals surface area contributed by atoms with E-state index in [9.17, 15) is 44.7 Å². The van der Waals surface area contributed by atoms with Crippen LogP contribution >= 0.6 is 0 Å². The number of hydrogen-bond donors (Lipinski definition) is 5. The van der Waals surface area contributed by atoms with Crippen molar-refractivity contribution in [1.29, 1.82) is 0 Å². The molecule has 5 N–H and O–H groups in total. The molecule has 0 radical (unpaired) electrons. The van der Waals surface area contributed by atoms with Crippen molar-refractivity contribution in [2.45, 2.75) is 18.6 Å². The predicted molar refractivity (Wildman–Crippen MR) is 126 cm³/mol. The molecule has 0 aliphatic carbocycles. The number of hydrogen-bond acceptors (Lipinski definition) is 12. The van der Waals surface area contributed by atoms with Crippen LogP contribution < -0.4 is 4.74 Å². The van der Waals surface area contributed by atoms with Crippen molar-refractivity contribution in [1.82, 2.24) is 0 Å². The maximum absolute atomic E-state index is 12.8. The summed E-state index contributed by atoms with van der Waals surface area (Å²) in [4.78, 5) is 49.6. The quantitative estimate of drug-likeness (QED) is 0.129. The molecule has 2 aromatic carbocycles. The lowest BCUT2D eigenvalue weighted by atomic mass is 9.90. The molecule has 0 aliphatic rings. The molecule has 0 saturated carbocycles. The van der Waals surface area contributed by atoms with Crippen molar-refractivity contribution < 1.29 is 58.9 Å². The number of ketones is 1. The number of carbonyl (C=O) groups excluding carboxylic acids is 4. The van der Waals surface area contributed by atoms with Crippen LogP contribution in [0.15, 0.2) is 48.6 Å². The Morgan fingerprint density at radius 2 is 1.51 bits per heavy atom. The van der Waals surface area contributed by atoms with E-state index in [0.29, 0.717) is 12.2 Å². The van der Waals surface area contributed by atoms with E-state index in [1.54, 1.807) is 0 Å². The third kappa shape index (κ3) is 6.93. The second-order valence-corrected chi connectivity index (χ2v) is 7.34. The van der Waals surface area contributed by atoms with E-state index in [4.69, 9.17) is 4.74 Å². The van der Waals surface area contributed by atoms with Crippen LogP contribution in [0.4, 0.5) is 0 Å². The third-order valence-electron chi connectivity index (χ3n) is 4.83. The molecule has 37 heavy (non-hydrogen) atoms. The summed E-state index contributed by atoms with van der Waals surface area (Å²) in [6.45, 7) is 1.11. The van der Waals surface area contributed by atoms with Crippen LogP contribution in [-0.4, -0.2) is 74.6 Å². The summed E-state index contributed by atoms with van der Waals surface area (Å²) in [5.41, 5.74) is -3.09. The SMILES string of the molecule is CCOC(=O)C(O)C(O)(C(=O)/C=C/c1ccc(O)c(OC)c1)C(=O)OC(=O)/C=C/c1ccc(O)c(O)c1. The van der Waals surface area contributed by atoms with Gasteiger partial charge in [-0.15, -0.1) is 0 Å². The summed E-state index contributed by atoms with van der Waals surface area (Å²) in [5, 5.41) is 49.6. The first-order chi connectivity index (χ1) is 17.4. The van der Waals surface area contributed by atoms with Crippen molar-refractivity contribution in [2.24, 2.45) is 0 Å². The first-order valence-corrected chi connectivity index (χ1v) is 10.6. The highest BCUT2D eigenvalue weighted by atomic mass is 16.6. The minimum Gasteiger partial charge on any atom is -0.504 e. The van der Waals surface area contributed by atoms with E-state index in [1.165, 1.54) is 38.3 Å². The van der Waals surface area contributed by atoms with E-state index in [1.807, 2.05) is 0 Å². The number of phenolic OH excluding ortho intramolecular Hbond substituents is 3.